The topological polar surface area (TPSA) is 134 Å². The van der Waals surface area contributed by atoms with E-state index in [-0.39, 0.29) is 36.2 Å². The van der Waals surface area contributed by atoms with Gasteiger partial charge in [-0.3, -0.25) is 9.59 Å². The first-order chi connectivity index (χ1) is 11.2. The van der Waals surface area contributed by atoms with Crippen molar-refractivity contribution in [1.82, 2.24) is 0 Å². The van der Waals surface area contributed by atoms with Crippen molar-refractivity contribution in [1.29, 1.82) is 0 Å². The molecule has 4 atom stereocenters. The second-order valence-corrected chi connectivity index (χ2v) is 7.27. The number of hydrogen-bond acceptors (Lipinski definition) is 10. The summed E-state index contributed by atoms with van der Waals surface area (Å²) in [5.41, 5.74) is 0. The van der Waals surface area contributed by atoms with Gasteiger partial charge in [0.05, 0.1) is 24.4 Å². The van der Waals surface area contributed by atoms with Crippen LogP contribution in [0.2, 0.25) is 0 Å². The maximum absolute atomic E-state index is 10.6. The van der Waals surface area contributed by atoms with Crippen LogP contribution in [0.1, 0.15) is 13.8 Å². The summed E-state index contributed by atoms with van der Waals surface area (Å²) in [6, 6.07) is 0. The van der Waals surface area contributed by atoms with Crippen molar-refractivity contribution in [3.63, 3.8) is 0 Å². The summed E-state index contributed by atoms with van der Waals surface area (Å²) < 4.78 is 9.29. The molecule has 0 aliphatic carbocycles. The molecule has 0 aliphatic heterocycles. The monoisotopic (exact) mass is 386 g/mol. The number of ether oxygens (including phenoxy) is 2. The van der Waals surface area contributed by atoms with Gasteiger partial charge in [0.25, 0.3) is 0 Å². The highest BCUT2D eigenvalue weighted by molar-refractivity contribution is 7.99. The van der Waals surface area contributed by atoms with Gasteiger partial charge in [-0.25, -0.2) is 0 Å². The summed E-state index contributed by atoms with van der Waals surface area (Å²) in [5, 5.41) is 38.7. The van der Waals surface area contributed by atoms with Gasteiger partial charge in [-0.1, -0.05) is 0 Å². The van der Waals surface area contributed by atoms with Crippen LogP contribution in [0, 0.1) is 0 Å². The highest BCUT2D eigenvalue weighted by Gasteiger charge is 2.18. The number of aliphatic hydroxyl groups is 4. The molecule has 0 amide bonds. The highest BCUT2D eigenvalue weighted by atomic mass is 32.2. The summed E-state index contributed by atoms with van der Waals surface area (Å²) in [5.74, 6) is 0.0326. The van der Waals surface area contributed by atoms with E-state index < -0.39 is 36.4 Å². The van der Waals surface area contributed by atoms with Gasteiger partial charge in [0, 0.05) is 36.9 Å². The van der Waals surface area contributed by atoms with Gasteiger partial charge in [-0.2, -0.15) is 23.5 Å². The van der Waals surface area contributed by atoms with Crippen molar-refractivity contribution in [3.05, 3.63) is 0 Å². The Morgan fingerprint density at radius 3 is 1.38 bits per heavy atom. The standard InChI is InChI=1S/C14H26O8S2/c1-9(15)21-3-11(17)5-23-7-13(19)14(20)8-24-6-12(18)4-22-10(2)16/h11-14,17-20H,3-8H2,1-2H3. The van der Waals surface area contributed by atoms with Crippen LogP contribution in [0.3, 0.4) is 0 Å². The zero-order valence-electron chi connectivity index (χ0n) is 13.8. The average Bonchev–Trinajstić information content (AvgIpc) is 2.50. The minimum absolute atomic E-state index is 0.100. The molecule has 0 rings (SSSR count). The van der Waals surface area contributed by atoms with Crippen LogP contribution in [0.15, 0.2) is 0 Å². The zero-order chi connectivity index (χ0) is 18.5. The highest BCUT2D eigenvalue weighted by Crippen LogP contribution is 2.13. The summed E-state index contributed by atoms with van der Waals surface area (Å²) in [6.07, 6.45) is -3.61. The molecule has 0 aromatic carbocycles. The largest absolute Gasteiger partial charge is 0.463 e. The summed E-state index contributed by atoms with van der Waals surface area (Å²) in [6.45, 7) is 2.30. The molecule has 0 radical (unpaired) electrons. The van der Waals surface area contributed by atoms with E-state index in [1.54, 1.807) is 0 Å². The number of aliphatic hydroxyl groups excluding tert-OH is 4. The first kappa shape index (κ1) is 23.5. The van der Waals surface area contributed by atoms with Gasteiger partial charge in [0.2, 0.25) is 0 Å². The minimum Gasteiger partial charge on any atom is -0.463 e. The van der Waals surface area contributed by atoms with Crippen molar-refractivity contribution in [2.45, 2.75) is 38.3 Å². The molecular formula is C14H26O8S2. The van der Waals surface area contributed by atoms with Crippen LogP contribution in [-0.2, 0) is 19.1 Å². The molecule has 4 N–H and O–H groups in total. The lowest BCUT2D eigenvalue weighted by atomic mass is 10.3. The van der Waals surface area contributed by atoms with Crippen molar-refractivity contribution in [2.75, 3.05) is 36.2 Å². The Labute approximate surface area is 149 Å². The molecular weight excluding hydrogens is 360 g/mol. The summed E-state index contributed by atoms with van der Waals surface area (Å²) >= 11 is 2.47. The molecule has 0 fully saturated rings. The van der Waals surface area contributed by atoms with Crippen LogP contribution >= 0.6 is 23.5 Å². The molecule has 0 bridgehead atoms. The first-order valence-corrected chi connectivity index (χ1v) is 9.67. The maximum atomic E-state index is 10.6. The van der Waals surface area contributed by atoms with Gasteiger partial charge >= 0.3 is 11.9 Å². The maximum Gasteiger partial charge on any atom is 0.302 e. The minimum atomic E-state index is -0.978. The number of hydrogen-bond donors (Lipinski definition) is 4. The van der Waals surface area contributed by atoms with Gasteiger partial charge < -0.3 is 29.9 Å². The third-order valence-corrected chi connectivity index (χ3v) is 5.00. The van der Waals surface area contributed by atoms with Crippen LogP contribution < -0.4 is 0 Å². The molecule has 0 saturated heterocycles. The summed E-state index contributed by atoms with van der Waals surface area (Å²) in [4.78, 5) is 21.2. The third kappa shape index (κ3) is 13.9. The van der Waals surface area contributed by atoms with Crippen LogP contribution in [-0.4, -0.2) is 93.0 Å². The molecule has 0 aromatic heterocycles. The fourth-order valence-electron chi connectivity index (χ4n) is 1.40. The van der Waals surface area contributed by atoms with E-state index in [2.05, 4.69) is 9.47 Å². The average molecular weight is 386 g/mol. The zero-order valence-corrected chi connectivity index (χ0v) is 15.4. The Bertz CT molecular complexity index is 335. The van der Waals surface area contributed by atoms with Crippen LogP contribution in [0.5, 0.6) is 0 Å². The Kier molecular flexibility index (Phi) is 13.4. The van der Waals surface area contributed by atoms with Crippen molar-refractivity contribution >= 4 is 35.5 Å². The van der Waals surface area contributed by atoms with E-state index in [1.807, 2.05) is 0 Å². The quantitative estimate of drug-likeness (QED) is 0.293. The number of thioether (sulfide) groups is 2. The van der Waals surface area contributed by atoms with Gasteiger partial charge in [-0.15, -0.1) is 0 Å². The third-order valence-electron chi connectivity index (χ3n) is 2.60. The fraction of sp³-hybridized carbons (Fsp3) is 0.857. The number of rotatable bonds is 13. The number of carbonyl (C=O) groups is 2. The molecule has 24 heavy (non-hydrogen) atoms. The lowest BCUT2D eigenvalue weighted by Crippen LogP contribution is -2.32. The van der Waals surface area contributed by atoms with Crippen LogP contribution in [0.25, 0.3) is 0 Å². The van der Waals surface area contributed by atoms with Gasteiger partial charge in [0.15, 0.2) is 0 Å². The Morgan fingerprint density at radius 2 is 1.08 bits per heavy atom. The SMILES string of the molecule is CC(=O)OCC(O)CSCC(O)C(O)CSCC(O)COC(C)=O. The number of carbonyl (C=O) groups excluding carboxylic acids is 2. The predicted molar refractivity (Wildman–Crippen MR) is 91.9 cm³/mol. The Balaban J connectivity index is 3.73. The molecule has 4 unspecified atom stereocenters. The van der Waals surface area contributed by atoms with Crippen molar-refractivity contribution in [2.24, 2.45) is 0 Å². The summed E-state index contributed by atoms with van der Waals surface area (Å²) in [7, 11) is 0. The molecule has 8 nitrogen and oxygen atoms in total. The van der Waals surface area contributed by atoms with E-state index in [0.717, 1.165) is 0 Å². The first-order valence-electron chi connectivity index (χ1n) is 7.36. The molecule has 142 valence electrons. The molecule has 0 aromatic rings. The Morgan fingerprint density at radius 1 is 0.750 bits per heavy atom. The second-order valence-electron chi connectivity index (χ2n) is 5.12. The fourth-order valence-corrected chi connectivity index (χ4v) is 3.33. The smallest absolute Gasteiger partial charge is 0.302 e. The lowest BCUT2D eigenvalue weighted by molar-refractivity contribution is -0.144. The van der Waals surface area contributed by atoms with Crippen molar-refractivity contribution in [3.8, 4) is 0 Å². The molecule has 0 heterocycles. The van der Waals surface area contributed by atoms with Gasteiger partial charge in [0.1, 0.15) is 13.2 Å². The predicted octanol–water partition coefficient (Wildman–Crippen LogP) is -0.977. The normalized spacial score (nSPS) is 16.1. The molecule has 0 spiro atoms. The van der Waals surface area contributed by atoms with E-state index in [0.29, 0.717) is 0 Å². The molecule has 0 aliphatic rings. The van der Waals surface area contributed by atoms with E-state index in [9.17, 15) is 30.0 Å². The lowest BCUT2D eigenvalue weighted by Gasteiger charge is -2.18. The number of esters is 2. The van der Waals surface area contributed by atoms with Crippen LogP contribution in [0.4, 0.5) is 0 Å². The Hall–Kier alpha value is -0.520. The van der Waals surface area contributed by atoms with Crippen molar-refractivity contribution < 1.29 is 39.5 Å². The molecule has 10 heteroatoms. The second kappa shape index (κ2) is 13.7. The van der Waals surface area contributed by atoms with E-state index in [4.69, 9.17) is 0 Å². The molecule has 0 saturated carbocycles. The van der Waals surface area contributed by atoms with E-state index in [1.165, 1.54) is 37.4 Å². The van der Waals surface area contributed by atoms with E-state index >= 15 is 0 Å². The van der Waals surface area contributed by atoms with Gasteiger partial charge in [-0.05, 0) is 0 Å².